The standard InChI is InChI=1S/C20H28O3/c1-5-20(4)13-7-10-18(21)17(20)12-11-15(2)8-6-9-16(3)14-19(22)23/h6,8-9,11-12,14,21H,5,7,10,13H2,1-4H3,(H,22,23)/b9-6+,12-11+,15-8+,16-14+/t20-/m1/s1. The zero-order valence-corrected chi connectivity index (χ0v) is 14.6. The summed E-state index contributed by atoms with van der Waals surface area (Å²) in [6.07, 6.45) is 14.7. The normalized spacial score (nSPS) is 24.0. The predicted octanol–water partition coefficient (Wildman–Crippen LogP) is 5.49. The molecular weight excluding hydrogens is 288 g/mol. The van der Waals surface area contributed by atoms with Crippen molar-refractivity contribution in [3.8, 4) is 0 Å². The summed E-state index contributed by atoms with van der Waals surface area (Å²) in [5, 5.41) is 18.9. The van der Waals surface area contributed by atoms with Gasteiger partial charge < -0.3 is 10.2 Å². The van der Waals surface area contributed by atoms with E-state index < -0.39 is 5.97 Å². The molecule has 0 aliphatic heterocycles. The number of aliphatic carboxylic acids is 1. The fourth-order valence-electron chi connectivity index (χ4n) is 2.79. The lowest BCUT2D eigenvalue weighted by Crippen LogP contribution is -2.22. The Morgan fingerprint density at radius 1 is 1.26 bits per heavy atom. The summed E-state index contributed by atoms with van der Waals surface area (Å²) in [4.78, 5) is 10.5. The van der Waals surface area contributed by atoms with Crippen LogP contribution < -0.4 is 0 Å². The second kappa shape index (κ2) is 8.56. The number of allylic oxidation sites excluding steroid dienone is 9. The molecule has 0 amide bonds. The van der Waals surface area contributed by atoms with E-state index in [4.69, 9.17) is 5.11 Å². The molecule has 1 rings (SSSR count). The Morgan fingerprint density at radius 3 is 2.57 bits per heavy atom. The van der Waals surface area contributed by atoms with Gasteiger partial charge in [0.1, 0.15) is 0 Å². The second-order valence-electron chi connectivity index (χ2n) is 6.46. The molecular formula is C20H28O3. The van der Waals surface area contributed by atoms with Gasteiger partial charge in [0, 0.05) is 12.5 Å². The smallest absolute Gasteiger partial charge is 0.328 e. The Hall–Kier alpha value is -2.03. The zero-order valence-electron chi connectivity index (χ0n) is 14.6. The second-order valence-corrected chi connectivity index (χ2v) is 6.46. The summed E-state index contributed by atoms with van der Waals surface area (Å²) in [5.41, 5.74) is 2.84. The highest BCUT2D eigenvalue weighted by molar-refractivity contribution is 5.81. The number of carboxylic acids is 1. The molecule has 1 atom stereocenters. The summed E-state index contributed by atoms with van der Waals surface area (Å²) in [5.74, 6) is -0.424. The Kier molecular flexibility index (Phi) is 7.08. The lowest BCUT2D eigenvalue weighted by molar-refractivity contribution is -0.131. The number of aliphatic hydroxyl groups excluding tert-OH is 1. The SMILES string of the molecule is CC[C@]1(C)CCCC(O)=C1/C=C/C(C)=C/C=C/C(C)=C/C(=O)O. The molecule has 0 saturated heterocycles. The summed E-state index contributed by atoms with van der Waals surface area (Å²) >= 11 is 0. The van der Waals surface area contributed by atoms with Gasteiger partial charge in [-0.1, -0.05) is 49.8 Å². The average molecular weight is 316 g/mol. The van der Waals surface area contributed by atoms with Crippen LogP contribution in [0.2, 0.25) is 0 Å². The number of carboxylic acid groups (broad SMARTS) is 1. The Balaban J connectivity index is 2.85. The highest BCUT2D eigenvalue weighted by atomic mass is 16.4. The number of carbonyl (C=O) groups is 1. The summed E-state index contributed by atoms with van der Waals surface area (Å²) in [6, 6.07) is 0. The van der Waals surface area contributed by atoms with Crippen molar-refractivity contribution in [3.05, 3.63) is 58.9 Å². The molecule has 0 aromatic rings. The largest absolute Gasteiger partial charge is 0.512 e. The van der Waals surface area contributed by atoms with Gasteiger partial charge in [-0.2, -0.15) is 0 Å². The summed E-state index contributed by atoms with van der Waals surface area (Å²) in [6.45, 7) is 8.11. The van der Waals surface area contributed by atoms with Crippen molar-refractivity contribution in [2.45, 2.75) is 53.4 Å². The molecule has 0 spiro atoms. The van der Waals surface area contributed by atoms with Crippen LogP contribution in [0.25, 0.3) is 0 Å². The maximum Gasteiger partial charge on any atom is 0.328 e. The molecule has 2 N–H and O–H groups in total. The molecule has 3 heteroatoms. The number of aliphatic hydroxyl groups is 1. The maximum atomic E-state index is 10.5. The topological polar surface area (TPSA) is 57.5 Å². The molecule has 0 bridgehead atoms. The molecule has 126 valence electrons. The van der Waals surface area contributed by atoms with E-state index >= 15 is 0 Å². The minimum absolute atomic E-state index is 0.0514. The minimum Gasteiger partial charge on any atom is -0.512 e. The van der Waals surface area contributed by atoms with E-state index in [9.17, 15) is 9.90 Å². The van der Waals surface area contributed by atoms with Gasteiger partial charge in [0.15, 0.2) is 0 Å². The van der Waals surface area contributed by atoms with E-state index in [2.05, 4.69) is 13.8 Å². The highest BCUT2D eigenvalue weighted by Crippen LogP contribution is 2.43. The molecule has 0 radical (unpaired) electrons. The van der Waals surface area contributed by atoms with Crippen molar-refractivity contribution in [2.75, 3.05) is 0 Å². The van der Waals surface area contributed by atoms with E-state index in [1.165, 1.54) is 6.08 Å². The quantitative estimate of drug-likeness (QED) is 0.503. The molecule has 0 heterocycles. The molecule has 0 aromatic carbocycles. The first-order valence-electron chi connectivity index (χ1n) is 8.15. The average Bonchev–Trinajstić information content (AvgIpc) is 2.46. The predicted molar refractivity (Wildman–Crippen MR) is 95.3 cm³/mol. The van der Waals surface area contributed by atoms with Crippen LogP contribution in [-0.4, -0.2) is 16.2 Å². The Morgan fingerprint density at radius 2 is 1.96 bits per heavy atom. The summed E-state index contributed by atoms with van der Waals surface area (Å²) in [7, 11) is 0. The molecule has 23 heavy (non-hydrogen) atoms. The van der Waals surface area contributed by atoms with Crippen LogP contribution in [0, 0.1) is 5.41 Å². The van der Waals surface area contributed by atoms with Gasteiger partial charge in [0.25, 0.3) is 0 Å². The highest BCUT2D eigenvalue weighted by Gasteiger charge is 2.31. The van der Waals surface area contributed by atoms with Crippen molar-refractivity contribution in [1.29, 1.82) is 0 Å². The summed E-state index contributed by atoms with van der Waals surface area (Å²) < 4.78 is 0. The molecule has 0 unspecified atom stereocenters. The number of rotatable bonds is 6. The minimum atomic E-state index is -0.939. The van der Waals surface area contributed by atoms with Crippen LogP contribution in [0.1, 0.15) is 53.4 Å². The molecule has 0 fully saturated rings. The van der Waals surface area contributed by atoms with Crippen LogP contribution in [0.15, 0.2) is 58.9 Å². The fourth-order valence-corrected chi connectivity index (χ4v) is 2.79. The Labute approximate surface area is 139 Å². The third-order valence-electron chi connectivity index (χ3n) is 4.47. The first-order chi connectivity index (χ1) is 10.8. The van der Waals surface area contributed by atoms with Gasteiger partial charge in [-0.25, -0.2) is 4.79 Å². The fraction of sp³-hybridized carbons (Fsp3) is 0.450. The van der Waals surface area contributed by atoms with Crippen LogP contribution in [0.5, 0.6) is 0 Å². The van der Waals surface area contributed by atoms with E-state index in [-0.39, 0.29) is 5.41 Å². The van der Waals surface area contributed by atoms with Crippen molar-refractivity contribution in [2.24, 2.45) is 5.41 Å². The van der Waals surface area contributed by atoms with E-state index in [0.717, 1.165) is 36.8 Å². The zero-order chi connectivity index (χ0) is 17.5. The lowest BCUT2D eigenvalue weighted by atomic mass is 9.71. The third-order valence-corrected chi connectivity index (χ3v) is 4.47. The van der Waals surface area contributed by atoms with Gasteiger partial charge in [-0.3, -0.25) is 0 Å². The molecule has 1 aliphatic rings. The van der Waals surface area contributed by atoms with Gasteiger partial charge in [0.05, 0.1) is 5.76 Å². The maximum absolute atomic E-state index is 10.5. The van der Waals surface area contributed by atoms with Crippen molar-refractivity contribution < 1.29 is 15.0 Å². The molecule has 1 aliphatic carbocycles. The van der Waals surface area contributed by atoms with Gasteiger partial charge in [-0.15, -0.1) is 0 Å². The van der Waals surface area contributed by atoms with Gasteiger partial charge in [0.2, 0.25) is 0 Å². The van der Waals surface area contributed by atoms with Crippen LogP contribution in [0.3, 0.4) is 0 Å². The van der Waals surface area contributed by atoms with Gasteiger partial charge in [-0.05, 0) is 49.7 Å². The van der Waals surface area contributed by atoms with E-state index in [1.807, 2.05) is 31.2 Å². The Bertz CT molecular complexity index is 588. The monoisotopic (exact) mass is 316 g/mol. The van der Waals surface area contributed by atoms with Crippen molar-refractivity contribution in [3.63, 3.8) is 0 Å². The van der Waals surface area contributed by atoms with Crippen LogP contribution in [0.4, 0.5) is 0 Å². The van der Waals surface area contributed by atoms with Crippen LogP contribution in [-0.2, 0) is 4.79 Å². The third kappa shape index (κ3) is 5.93. The molecule has 0 aromatic heterocycles. The van der Waals surface area contributed by atoms with E-state index in [0.29, 0.717) is 11.3 Å². The van der Waals surface area contributed by atoms with Gasteiger partial charge >= 0.3 is 5.97 Å². The first-order valence-corrected chi connectivity index (χ1v) is 8.15. The van der Waals surface area contributed by atoms with E-state index in [1.54, 1.807) is 13.0 Å². The molecule has 0 saturated carbocycles. The molecule has 3 nitrogen and oxygen atoms in total. The number of hydrogen-bond acceptors (Lipinski definition) is 2. The first kappa shape index (κ1) is 19.0. The lowest BCUT2D eigenvalue weighted by Gasteiger charge is -2.34. The van der Waals surface area contributed by atoms with Crippen LogP contribution >= 0.6 is 0 Å². The van der Waals surface area contributed by atoms with Crippen molar-refractivity contribution in [1.82, 2.24) is 0 Å². The van der Waals surface area contributed by atoms with Crippen molar-refractivity contribution >= 4 is 5.97 Å². The number of hydrogen-bond donors (Lipinski definition) is 2.